The molecule has 0 amide bonds. The van der Waals surface area contributed by atoms with Crippen LogP contribution in [0.2, 0.25) is 0 Å². The molecular formula is C15H22O2. The summed E-state index contributed by atoms with van der Waals surface area (Å²) in [7, 11) is 0. The Morgan fingerprint density at radius 3 is 2.71 bits per heavy atom. The van der Waals surface area contributed by atoms with Crippen molar-refractivity contribution in [3.05, 3.63) is 11.6 Å². The molecule has 0 bridgehead atoms. The van der Waals surface area contributed by atoms with Gasteiger partial charge in [0, 0.05) is 17.3 Å². The predicted octanol–water partition coefficient (Wildman–Crippen LogP) is 2.71. The van der Waals surface area contributed by atoms with Crippen molar-refractivity contribution >= 4 is 5.78 Å². The predicted molar refractivity (Wildman–Crippen MR) is 66.4 cm³/mol. The zero-order chi connectivity index (χ0) is 12.6. The van der Waals surface area contributed by atoms with Gasteiger partial charge < -0.3 is 5.11 Å². The fourth-order valence-electron chi connectivity index (χ4n) is 5.39. The Labute approximate surface area is 103 Å². The van der Waals surface area contributed by atoms with E-state index < -0.39 is 5.60 Å². The van der Waals surface area contributed by atoms with Crippen molar-refractivity contribution in [3.8, 4) is 0 Å². The highest BCUT2D eigenvalue weighted by molar-refractivity contribution is 5.90. The van der Waals surface area contributed by atoms with E-state index in [9.17, 15) is 9.90 Å². The zero-order valence-electron chi connectivity index (χ0n) is 11.2. The number of hydrogen-bond acceptors (Lipinski definition) is 2. The summed E-state index contributed by atoms with van der Waals surface area (Å²) in [6.45, 7) is 8.49. The summed E-state index contributed by atoms with van der Waals surface area (Å²) in [6, 6.07) is 0. The molecule has 0 spiro atoms. The number of rotatable bonds is 1. The van der Waals surface area contributed by atoms with Crippen molar-refractivity contribution in [1.29, 1.82) is 0 Å². The summed E-state index contributed by atoms with van der Waals surface area (Å²) in [5, 5.41) is 11.3. The van der Waals surface area contributed by atoms with Gasteiger partial charge in [-0.3, -0.25) is 4.79 Å². The second kappa shape index (κ2) is 2.85. The van der Waals surface area contributed by atoms with Crippen LogP contribution in [0.4, 0.5) is 0 Å². The van der Waals surface area contributed by atoms with Gasteiger partial charge in [-0.15, -0.1) is 0 Å². The lowest BCUT2D eigenvalue weighted by Crippen LogP contribution is -2.50. The minimum absolute atomic E-state index is 0.197. The summed E-state index contributed by atoms with van der Waals surface area (Å²) in [5.74, 6) is 0.529. The van der Waals surface area contributed by atoms with Crippen LogP contribution in [0, 0.1) is 22.7 Å². The SMILES string of the molecule is CC[C@@H]1C[C@@]2(C)CC(=O)[C@H]3C(C)=C[C@]1(C)[C@]32O. The molecule has 0 aromatic heterocycles. The highest BCUT2D eigenvalue weighted by Crippen LogP contribution is 2.73. The van der Waals surface area contributed by atoms with Gasteiger partial charge in [0.15, 0.2) is 0 Å². The number of ketones is 1. The van der Waals surface area contributed by atoms with Crippen molar-refractivity contribution < 1.29 is 9.90 Å². The van der Waals surface area contributed by atoms with E-state index in [0.717, 1.165) is 18.4 Å². The van der Waals surface area contributed by atoms with Crippen molar-refractivity contribution in [3.63, 3.8) is 0 Å². The summed E-state index contributed by atoms with van der Waals surface area (Å²) in [4.78, 5) is 12.2. The monoisotopic (exact) mass is 234 g/mol. The van der Waals surface area contributed by atoms with Gasteiger partial charge in [0.25, 0.3) is 0 Å². The topological polar surface area (TPSA) is 37.3 Å². The molecule has 0 aromatic carbocycles. The van der Waals surface area contributed by atoms with Gasteiger partial charge in [-0.2, -0.15) is 0 Å². The first-order valence-electron chi connectivity index (χ1n) is 6.74. The third kappa shape index (κ3) is 0.929. The van der Waals surface area contributed by atoms with Crippen LogP contribution in [0.3, 0.4) is 0 Å². The van der Waals surface area contributed by atoms with E-state index >= 15 is 0 Å². The first-order valence-corrected chi connectivity index (χ1v) is 6.74. The van der Waals surface area contributed by atoms with Gasteiger partial charge in [-0.25, -0.2) is 0 Å². The molecule has 3 aliphatic carbocycles. The Morgan fingerprint density at radius 2 is 2.12 bits per heavy atom. The van der Waals surface area contributed by atoms with E-state index in [-0.39, 0.29) is 22.5 Å². The Kier molecular flexibility index (Phi) is 1.92. The van der Waals surface area contributed by atoms with E-state index in [1.807, 2.05) is 6.92 Å². The van der Waals surface area contributed by atoms with Crippen LogP contribution in [-0.4, -0.2) is 16.5 Å². The molecule has 3 rings (SSSR count). The van der Waals surface area contributed by atoms with E-state index in [0.29, 0.717) is 12.3 Å². The Morgan fingerprint density at radius 1 is 1.47 bits per heavy atom. The van der Waals surface area contributed by atoms with Crippen molar-refractivity contribution in [2.45, 2.75) is 52.6 Å². The normalized spacial score (nSPS) is 56.3. The highest BCUT2D eigenvalue weighted by atomic mass is 16.3. The third-order valence-electron chi connectivity index (χ3n) is 6.07. The minimum Gasteiger partial charge on any atom is -0.387 e. The Hall–Kier alpha value is -0.630. The Balaban J connectivity index is 2.24. The second-order valence-corrected chi connectivity index (χ2v) is 6.88. The van der Waals surface area contributed by atoms with Gasteiger partial charge in [0.2, 0.25) is 0 Å². The molecular weight excluding hydrogens is 212 g/mol. The molecule has 2 saturated carbocycles. The lowest BCUT2D eigenvalue weighted by Gasteiger charge is -2.42. The van der Waals surface area contributed by atoms with Gasteiger partial charge in [-0.1, -0.05) is 38.8 Å². The van der Waals surface area contributed by atoms with Gasteiger partial charge in [-0.05, 0) is 19.3 Å². The maximum Gasteiger partial charge on any atom is 0.143 e. The van der Waals surface area contributed by atoms with E-state index in [1.165, 1.54) is 0 Å². The minimum atomic E-state index is -0.818. The van der Waals surface area contributed by atoms with Crippen LogP contribution in [0.1, 0.15) is 47.0 Å². The maximum absolute atomic E-state index is 12.2. The first-order chi connectivity index (χ1) is 7.80. The van der Waals surface area contributed by atoms with Crippen molar-refractivity contribution in [1.82, 2.24) is 0 Å². The number of carbonyl (C=O) groups is 1. The smallest absolute Gasteiger partial charge is 0.143 e. The quantitative estimate of drug-likeness (QED) is 0.708. The molecule has 0 aliphatic heterocycles. The number of aliphatic hydroxyl groups is 1. The molecule has 17 heavy (non-hydrogen) atoms. The number of carbonyl (C=O) groups excluding carboxylic acids is 1. The molecule has 3 aliphatic rings. The molecule has 2 nitrogen and oxygen atoms in total. The average molecular weight is 234 g/mol. The van der Waals surface area contributed by atoms with Crippen LogP contribution in [0.15, 0.2) is 11.6 Å². The van der Waals surface area contributed by atoms with Gasteiger partial charge >= 0.3 is 0 Å². The van der Waals surface area contributed by atoms with Crippen molar-refractivity contribution in [2.24, 2.45) is 22.7 Å². The van der Waals surface area contributed by atoms with Crippen molar-refractivity contribution in [2.75, 3.05) is 0 Å². The van der Waals surface area contributed by atoms with Crippen LogP contribution in [-0.2, 0) is 4.79 Å². The van der Waals surface area contributed by atoms with Crippen LogP contribution in [0.25, 0.3) is 0 Å². The summed E-state index contributed by atoms with van der Waals surface area (Å²) in [5.41, 5.74) is -0.126. The maximum atomic E-state index is 12.2. The average Bonchev–Trinajstić information content (AvgIpc) is 2.63. The molecule has 2 fully saturated rings. The number of Topliss-reactive ketones (excluding diaryl/α,β-unsaturated/α-hetero) is 1. The van der Waals surface area contributed by atoms with Gasteiger partial charge in [0.1, 0.15) is 5.78 Å². The summed E-state index contributed by atoms with van der Waals surface area (Å²) < 4.78 is 0. The standard InChI is InChI=1S/C15H22O2/c1-5-10-7-13(3)8-11(16)12-9(2)6-14(10,4)15(12,13)17/h6,10,12,17H,5,7-8H2,1-4H3/t10-,12-,13+,14+,15+/m1/s1. The van der Waals surface area contributed by atoms with Crippen LogP contribution in [0.5, 0.6) is 0 Å². The molecule has 0 radical (unpaired) electrons. The largest absolute Gasteiger partial charge is 0.387 e. The summed E-state index contributed by atoms with van der Waals surface area (Å²) >= 11 is 0. The molecule has 0 heterocycles. The summed E-state index contributed by atoms with van der Waals surface area (Å²) in [6.07, 6.45) is 4.83. The lowest BCUT2D eigenvalue weighted by atomic mass is 9.66. The molecule has 0 saturated heterocycles. The fraction of sp³-hybridized carbons (Fsp3) is 0.800. The molecule has 94 valence electrons. The van der Waals surface area contributed by atoms with E-state index in [1.54, 1.807) is 0 Å². The zero-order valence-corrected chi connectivity index (χ0v) is 11.2. The molecule has 5 atom stereocenters. The van der Waals surface area contributed by atoms with Crippen LogP contribution < -0.4 is 0 Å². The van der Waals surface area contributed by atoms with E-state index in [2.05, 4.69) is 26.8 Å². The van der Waals surface area contributed by atoms with Gasteiger partial charge in [0.05, 0.1) is 11.5 Å². The van der Waals surface area contributed by atoms with Crippen LogP contribution >= 0.6 is 0 Å². The Bertz CT molecular complexity index is 438. The first kappa shape index (κ1) is 11.5. The molecule has 0 unspecified atom stereocenters. The highest BCUT2D eigenvalue weighted by Gasteiger charge is 2.76. The van der Waals surface area contributed by atoms with E-state index in [4.69, 9.17) is 0 Å². The second-order valence-electron chi connectivity index (χ2n) is 6.88. The fourth-order valence-corrected chi connectivity index (χ4v) is 5.39. The molecule has 2 heteroatoms. The molecule has 1 N–H and O–H groups in total. The molecule has 0 aromatic rings. The lowest BCUT2D eigenvalue weighted by molar-refractivity contribution is -0.128. The third-order valence-corrected chi connectivity index (χ3v) is 6.07. The number of hydrogen-bond donors (Lipinski definition) is 1.